The van der Waals surface area contributed by atoms with Gasteiger partial charge in [0.2, 0.25) is 0 Å². The smallest absolute Gasteiger partial charge is 0.124 e. The molecule has 0 atom stereocenters. The monoisotopic (exact) mass is 308 g/mol. The van der Waals surface area contributed by atoms with Gasteiger partial charge in [0, 0.05) is 30.1 Å². The molecule has 16 heavy (non-hydrogen) atoms. The van der Waals surface area contributed by atoms with Crippen LogP contribution in [0.3, 0.4) is 0 Å². The minimum Gasteiger partial charge on any atom is -0.314 e. The maximum absolute atomic E-state index is 13.1. The molecule has 0 amide bonds. The Morgan fingerprint density at radius 3 is 2.62 bits per heavy atom. The van der Waals surface area contributed by atoms with E-state index in [1.807, 2.05) is 6.07 Å². The number of halogens is 3. The van der Waals surface area contributed by atoms with Gasteiger partial charge in [0.1, 0.15) is 5.82 Å². The van der Waals surface area contributed by atoms with Gasteiger partial charge >= 0.3 is 0 Å². The van der Waals surface area contributed by atoms with E-state index in [2.05, 4.69) is 33.2 Å². The first-order valence-electron chi connectivity index (χ1n) is 5.01. The zero-order valence-corrected chi connectivity index (χ0v) is 11.4. The van der Waals surface area contributed by atoms with E-state index in [0.717, 1.165) is 29.7 Å². The van der Waals surface area contributed by atoms with Crippen molar-refractivity contribution in [2.75, 3.05) is 20.1 Å². The predicted molar refractivity (Wildman–Crippen MR) is 69.5 cm³/mol. The van der Waals surface area contributed by atoms with Gasteiger partial charge in [-0.3, -0.25) is 4.90 Å². The molecule has 1 heterocycles. The third kappa shape index (κ3) is 3.42. The summed E-state index contributed by atoms with van der Waals surface area (Å²) in [6.07, 6.45) is 0. The van der Waals surface area contributed by atoms with Gasteiger partial charge in [-0.15, -0.1) is 12.4 Å². The zero-order valence-electron chi connectivity index (χ0n) is 9.04. The molecule has 0 saturated carbocycles. The molecule has 5 heteroatoms. The van der Waals surface area contributed by atoms with E-state index >= 15 is 0 Å². The number of nitrogens with zero attached hydrogens (tertiary/aromatic N) is 1. The molecular formula is C11H15BrClFN2. The van der Waals surface area contributed by atoms with Crippen LogP contribution in [0.2, 0.25) is 0 Å². The third-order valence-corrected chi connectivity index (χ3v) is 3.20. The fraction of sp³-hybridized carbons (Fsp3) is 0.455. The van der Waals surface area contributed by atoms with Crippen molar-refractivity contribution in [1.82, 2.24) is 10.2 Å². The molecule has 0 radical (unpaired) electrons. The lowest BCUT2D eigenvalue weighted by Gasteiger charge is -2.35. The molecule has 1 aliphatic rings. The molecule has 1 N–H and O–H groups in total. The minimum atomic E-state index is -0.181. The van der Waals surface area contributed by atoms with Gasteiger partial charge in [-0.1, -0.05) is 15.9 Å². The Kier molecular flexibility index (Phi) is 5.18. The molecule has 90 valence electrons. The molecule has 0 unspecified atom stereocenters. The van der Waals surface area contributed by atoms with Crippen LogP contribution in [-0.4, -0.2) is 31.1 Å². The SMILES string of the molecule is CN(Cc1cc(F)cc(Br)c1)C1CNC1.Cl. The largest absolute Gasteiger partial charge is 0.314 e. The lowest BCUT2D eigenvalue weighted by atomic mass is 10.1. The van der Waals surface area contributed by atoms with Crippen LogP contribution in [0.1, 0.15) is 5.56 Å². The highest BCUT2D eigenvalue weighted by molar-refractivity contribution is 9.10. The summed E-state index contributed by atoms with van der Waals surface area (Å²) >= 11 is 3.30. The molecule has 1 aromatic rings. The summed E-state index contributed by atoms with van der Waals surface area (Å²) in [4.78, 5) is 2.25. The Morgan fingerprint density at radius 1 is 1.44 bits per heavy atom. The first-order chi connectivity index (χ1) is 7.15. The van der Waals surface area contributed by atoms with E-state index in [0.29, 0.717) is 6.04 Å². The molecule has 1 aromatic carbocycles. The van der Waals surface area contributed by atoms with E-state index in [1.165, 1.54) is 6.07 Å². The molecule has 2 rings (SSSR count). The number of nitrogens with one attached hydrogen (secondary N) is 1. The molecule has 0 aromatic heterocycles. The second kappa shape index (κ2) is 5.96. The zero-order chi connectivity index (χ0) is 10.8. The van der Waals surface area contributed by atoms with Crippen molar-refractivity contribution in [3.05, 3.63) is 34.1 Å². The lowest BCUT2D eigenvalue weighted by Crippen LogP contribution is -2.55. The van der Waals surface area contributed by atoms with Crippen LogP contribution < -0.4 is 5.32 Å². The molecule has 1 aliphatic heterocycles. The Bertz CT molecular complexity index is 338. The minimum absolute atomic E-state index is 0. The van der Waals surface area contributed by atoms with E-state index in [-0.39, 0.29) is 18.2 Å². The van der Waals surface area contributed by atoms with Crippen LogP contribution in [0.4, 0.5) is 4.39 Å². The van der Waals surface area contributed by atoms with Gasteiger partial charge < -0.3 is 5.32 Å². The van der Waals surface area contributed by atoms with E-state index in [9.17, 15) is 4.39 Å². The highest BCUT2D eigenvalue weighted by Crippen LogP contribution is 2.17. The van der Waals surface area contributed by atoms with Gasteiger partial charge in [-0.25, -0.2) is 4.39 Å². The fourth-order valence-corrected chi connectivity index (χ4v) is 2.22. The average Bonchev–Trinajstić information content (AvgIpc) is 1.96. The summed E-state index contributed by atoms with van der Waals surface area (Å²) in [5.74, 6) is -0.181. The first-order valence-corrected chi connectivity index (χ1v) is 5.80. The quantitative estimate of drug-likeness (QED) is 0.922. The summed E-state index contributed by atoms with van der Waals surface area (Å²) in [5.41, 5.74) is 1.01. The van der Waals surface area contributed by atoms with Gasteiger partial charge in [0.15, 0.2) is 0 Å². The van der Waals surface area contributed by atoms with Crippen LogP contribution in [-0.2, 0) is 6.54 Å². The third-order valence-electron chi connectivity index (χ3n) is 2.74. The van der Waals surface area contributed by atoms with Crippen molar-refractivity contribution >= 4 is 28.3 Å². The van der Waals surface area contributed by atoms with Gasteiger partial charge in [0.25, 0.3) is 0 Å². The van der Waals surface area contributed by atoms with Gasteiger partial charge in [-0.05, 0) is 30.8 Å². The van der Waals surface area contributed by atoms with Crippen molar-refractivity contribution in [3.63, 3.8) is 0 Å². The number of hydrogen-bond donors (Lipinski definition) is 1. The normalized spacial score (nSPS) is 15.8. The van der Waals surface area contributed by atoms with E-state index in [1.54, 1.807) is 6.07 Å². The van der Waals surface area contributed by atoms with Crippen LogP contribution in [0.5, 0.6) is 0 Å². The maximum Gasteiger partial charge on any atom is 0.124 e. The van der Waals surface area contributed by atoms with E-state index in [4.69, 9.17) is 0 Å². The molecule has 1 saturated heterocycles. The summed E-state index contributed by atoms with van der Waals surface area (Å²) in [7, 11) is 2.07. The number of rotatable bonds is 3. The van der Waals surface area contributed by atoms with Gasteiger partial charge in [-0.2, -0.15) is 0 Å². The van der Waals surface area contributed by atoms with Crippen LogP contribution in [0.25, 0.3) is 0 Å². The number of benzene rings is 1. The Morgan fingerprint density at radius 2 is 2.12 bits per heavy atom. The fourth-order valence-electron chi connectivity index (χ4n) is 1.70. The van der Waals surface area contributed by atoms with Crippen LogP contribution >= 0.6 is 28.3 Å². The Hall–Kier alpha value is -0.160. The Labute approximate surface area is 110 Å². The van der Waals surface area contributed by atoms with Crippen molar-refractivity contribution in [1.29, 1.82) is 0 Å². The van der Waals surface area contributed by atoms with E-state index < -0.39 is 0 Å². The first kappa shape index (κ1) is 13.9. The standard InChI is InChI=1S/C11H14BrFN2.ClH/c1-15(11-5-14-6-11)7-8-2-9(12)4-10(13)3-8;/h2-4,11,14H,5-7H2,1H3;1H. The molecule has 0 spiro atoms. The summed E-state index contributed by atoms with van der Waals surface area (Å²) in [6.45, 7) is 2.86. The second-order valence-corrected chi connectivity index (χ2v) is 4.92. The molecule has 1 fully saturated rings. The lowest BCUT2D eigenvalue weighted by molar-refractivity contribution is 0.173. The Balaban J connectivity index is 0.00000128. The number of likely N-dealkylation sites (N-methyl/N-ethyl adjacent to an activating group) is 1. The summed E-state index contributed by atoms with van der Waals surface area (Å²) in [6, 6.07) is 5.63. The highest BCUT2D eigenvalue weighted by Gasteiger charge is 2.21. The average molecular weight is 310 g/mol. The molecule has 0 bridgehead atoms. The number of hydrogen-bond acceptors (Lipinski definition) is 2. The van der Waals surface area contributed by atoms with Crippen molar-refractivity contribution < 1.29 is 4.39 Å². The summed E-state index contributed by atoms with van der Waals surface area (Å²) < 4.78 is 13.9. The van der Waals surface area contributed by atoms with Gasteiger partial charge in [0.05, 0.1) is 0 Å². The molecular weight excluding hydrogens is 294 g/mol. The molecule has 0 aliphatic carbocycles. The van der Waals surface area contributed by atoms with Crippen molar-refractivity contribution in [2.24, 2.45) is 0 Å². The maximum atomic E-state index is 13.1. The van der Waals surface area contributed by atoms with Crippen molar-refractivity contribution in [2.45, 2.75) is 12.6 Å². The highest BCUT2D eigenvalue weighted by atomic mass is 79.9. The topological polar surface area (TPSA) is 15.3 Å². The summed E-state index contributed by atoms with van der Waals surface area (Å²) in [5, 5.41) is 3.23. The van der Waals surface area contributed by atoms with Crippen LogP contribution in [0.15, 0.2) is 22.7 Å². The van der Waals surface area contributed by atoms with Crippen LogP contribution in [0, 0.1) is 5.82 Å². The molecule has 2 nitrogen and oxygen atoms in total. The van der Waals surface area contributed by atoms with Crippen molar-refractivity contribution in [3.8, 4) is 0 Å². The second-order valence-electron chi connectivity index (χ2n) is 4.00. The predicted octanol–water partition coefficient (Wildman–Crippen LogP) is 2.41.